The Morgan fingerprint density at radius 1 is 1.41 bits per heavy atom. The number of nitrogens with one attached hydrogen (secondary N) is 1. The Morgan fingerprint density at radius 3 is 2.53 bits per heavy atom. The van der Waals surface area contributed by atoms with Gasteiger partial charge in [-0.2, -0.15) is 0 Å². The molecule has 1 aliphatic rings. The van der Waals surface area contributed by atoms with E-state index in [4.69, 9.17) is 4.74 Å². The summed E-state index contributed by atoms with van der Waals surface area (Å²) in [7, 11) is 1.59. The zero-order valence-electron chi connectivity index (χ0n) is 11.0. The number of nitrogens with zero attached hydrogens (tertiary/aromatic N) is 1. The molecule has 0 aromatic heterocycles. The van der Waals surface area contributed by atoms with E-state index in [0.29, 0.717) is 19.6 Å². The van der Waals surface area contributed by atoms with E-state index in [1.54, 1.807) is 12.0 Å². The molecule has 1 fully saturated rings. The van der Waals surface area contributed by atoms with Crippen molar-refractivity contribution in [2.24, 2.45) is 5.92 Å². The lowest BCUT2D eigenvalue weighted by Crippen LogP contribution is -2.65. The molecule has 98 valence electrons. The Bertz CT molecular complexity index is 291. The van der Waals surface area contributed by atoms with Gasteiger partial charge in [-0.05, 0) is 12.3 Å². The highest BCUT2D eigenvalue weighted by Gasteiger charge is 2.40. The third-order valence-electron chi connectivity index (χ3n) is 3.08. The van der Waals surface area contributed by atoms with E-state index < -0.39 is 0 Å². The van der Waals surface area contributed by atoms with Crippen molar-refractivity contribution in [2.45, 2.75) is 39.3 Å². The van der Waals surface area contributed by atoms with Gasteiger partial charge in [-0.1, -0.05) is 20.8 Å². The molecule has 1 saturated heterocycles. The van der Waals surface area contributed by atoms with E-state index in [9.17, 15) is 9.59 Å². The molecule has 5 nitrogen and oxygen atoms in total. The van der Waals surface area contributed by atoms with E-state index in [1.165, 1.54) is 0 Å². The third-order valence-corrected chi connectivity index (χ3v) is 3.08. The standard InChI is InChI=1S/C12H22N2O3/c1-5-9-12(16)14(6-7-17-4)10(8(2)3)11(15)13-9/h8-10H,5-7H2,1-4H3,(H,13,15). The molecule has 0 aliphatic carbocycles. The summed E-state index contributed by atoms with van der Waals surface area (Å²) < 4.78 is 5.00. The minimum absolute atomic E-state index is 0.00264. The average Bonchev–Trinajstić information content (AvgIpc) is 2.28. The molecule has 0 bridgehead atoms. The molecule has 2 atom stereocenters. The molecular weight excluding hydrogens is 220 g/mol. The van der Waals surface area contributed by atoms with Crippen LogP contribution in [0.2, 0.25) is 0 Å². The van der Waals surface area contributed by atoms with Crippen LogP contribution < -0.4 is 5.32 Å². The van der Waals surface area contributed by atoms with Gasteiger partial charge in [0.1, 0.15) is 12.1 Å². The van der Waals surface area contributed by atoms with Crippen molar-refractivity contribution in [2.75, 3.05) is 20.3 Å². The molecule has 1 N–H and O–H groups in total. The first kappa shape index (κ1) is 14.0. The molecule has 5 heteroatoms. The van der Waals surface area contributed by atoms with Gasteiger partial charge in [-0.15, -0.1) is 0 Å². The monoisotopic (exact) mass is 242 g/mol. The summed E-state index contributed by atoms with van der Waals surface area (Å²) in [6.07, 6.45) is 0.624. The number of carbonyl (C=O) groups is 2. The van der Waals surface area contributed by atoms with Crippen LogP contribution in [0, 0.1) is 5.92 Å². The maximum Gasteiger partial charge on any atom is 0.245 e. The van der Waals surface area contributed by atoms with Crippen LogP contribution in [0.1, 0.15) is 27.2 Å². The zero-order chi connectivity index (χ0) is 13.0. The molecular formula is C12H22N2O3. The first-order valence-electron chi connectivity index (χ1n) is 6.12. The molecule has 0 spiro atoms. The van der Waals surface area contributed by atoms with E-state index in [-0.39, 0.29) is 29.8 Å². The summed E-state index contributed by atoms with van der Waals surface area (Å²) in [4.78, 5) is 25.8. The number of piperazine rings is 1. The van der Waals surface area contributed by atoms with Gasteiger partial charge in [0, 0.05) is 13.7 Å². The van der Waals surface area contributed by atoms with Crippen molar-refractivity contribution in [1.82, 2.24) is 10.2 Å². The van der Waals surface area contributed by atoms with Crippen molar-refractivity contribution < 1.29 is 14.3 Å². The molecule has 0 radical (unpaired) electrons. The van der Waals surface area contributed by atoms with Crippen LogP contribution in [0.15, 0.2) is 0 Å². The average molecular weight is 242 g/mol. The van der Waals surface area contributed by atoms with Crippen LogP contribution in [-0.4, -0.2) is 49.1 Å². The number of ether oxygens (including phenoxy) is 1. The summed E-state index contributed by atoms with van der Waals surface area (Å²) in [6.45, 7) is 6.72. The van der Waals surface area contributed by atoms with E-state index in [1.807, 2.05) is 20.8 Å². The Balaban J connectivity index is 2.87. The highest BCUT2D eigenvalue weighted by Crippen LogP contribution is 2.18. The highest BCUT2D eigenvalue weighted by molar-refractivity contribution is 5.97. The normalized spacial score (nSPS) is 25.4. The van der Waals surface area contributed by atoms with Gasteiger partial charge in [0.05, 0.1) is 6.61 Å². The summed E-state index contributed by atoms with van der Waals surface area (Å²) in [5.41, 5.74) is 0. The van der Waals surface area contributed by atoms with Crippen molar-refractivity contribution in [3.8, 4) is 0 Å². The number of hydrogen-bond donors (Lipinski definition) is 1. The number of hydrogen-bond acceptors (Lipinski definition) is 3. The van der Waals surface area contributed by atoms with Crippen LogP contribution in [0.4, 0.5) is 0 Å². The molecule has 0 aromatic rings. The van der Waals surface area contributed by atoms with Crippen LogP contribution >= 0.6 is 0 Å². The van der Waals surface area contributed by atoms with E-state index in [0.717, 1.165) is 0 Å². The van der Waals surface area contributed by atoms with Crippen molar-refractivity contribution in [1.29, 1.82) is 0 Å². The van der Waals surface area contributed by atoms with Crippen LogP contribution in [0.5, 0.6) is 0 Å². The van der Waals surface area contributed by atoms with E-state index in [2.05, 4.69) is 5.32 Å². The lowest BCUT2D eigenvalue weighted by atomic mass is 9.96. The Labute approximate surface area is 102 Å². The van der Waals surface area contributed by atoms with Gasteiger partial charge in [0.2, 0.25) is 11.8 Å². The fourth-order valence-electron chi connectivity index (χ4n) is 2.18. The first-order valence-corrected chi connectivity index (χ1v) is 6.12. The topological polar surface area (TPSA) is 58.6 Å². The summed E-state index contributed by atoms with van der Waals surface area (Å²) >= 11 is 0. The molecule has 17 heavy (non-hydrogen) atoms. The maximum atomic E-state index is 12.2. The van der Waals surface area contributed by atoms with Crippen LogP contribution in [0.3, 0.4) is 0 Å². The van der Waals surface area contributed by atoms with Gasteiger partial charge in [-0.3, -0.25) is 9.59 Å². The molecule has 0 saturated carbocycles. The van der Waals surface area contributed by atoms with Gasteiger partial charge in [0.25, 0.3) is 0 Å². The second-order valence-electron chi connectivity index (χ2n) is 4.68. The minimum atomic E-state index is -0.380. The molecule has 1 aliphatic heterocycles. The number of methoxy groups -OCH3 is 1. The lowest BCUT2D eigenvalue weighted by molar-refractivity contribution is -0.151. The third kappa shape index (κ3) is 2.97. The Hall–Kier alpha value is -1.10. The van der Waals surface area contributed by atoms with Crippen LogP contribution in [-0.2, 0) is 14.3 Å². The van der Waals surface area contributed by atoms with Gasteiger partial charge < -0.3 is 15.0 Å². The number of carbonyl (C=O) groups excluding carboxylic acids is 2. The SMILES string of the molecule is CCC1NC(=O)C(C(C)C)N(CCOC)C1=O. The fourth-order valence-corrected chi connectivity index (χ4v) is 2.18. The predicted molar refractivity (Wildman–Crippen MR) is 64.4 cm³/mol. The lowest BCUT2D eigenvalue weighted by Gasteiger charge is -2.40. The van der Waals surface area contributed by atoms with E-state index >= 15 is 0 Å². The van der Waals surface area contributed by atoms with Gasteiger partial charge in [-0.25, -0.2) is 0 Å². The minimum Gasteiger partial charge on any atom is -0.383 e. The van der Waals surface area contributed by atoms with Gasteiger partial charge in [0.15, 0.2) is 0 Å². The smallest absolute Gasteiger partial charge is 0.245 e. The van der Waals surface area contributed by atoms with Crippen LogP contribution in [0.25, 0.3) is 0 Å². The second kappa shape index (κ2) is 6.00. The molecule has 2 unspecified atom stereocenters. The Kier molecular flexibility index (Phi) is 4.93. The Morgan fingerprint density at radius 2 is 2.06 bits per heavy atom. The molecule has 1 rings (SSSR count). The van der Waals surface area contributed by atoms with Crippen molar-refractivity contribution in [3.05, 3.63) is 0 Å². The quantitative estimate of drug-likeness (QED) is 0.759. The van der Waals surface area contributed by atoms with Gasteiger partial charge >= 0.3 is 0 Å². The van der Waals surface area contributed by atoms with Crippen molar-refractivity contribution in [3.63, 3.8) is 0 Å². The zero-order valence-corrected chi connectivity index (χ0v) is 11.0. The predicted octanol–water partition coefficient (Wildman–Crippen LogP) is 0.394. The largest absolute Gasteiger partial charge is 0.383 e. The summed E-state index contributed by atoms with van der Waals surface area (Å²) in [6, 6.07) is -0.755. The molecule has 2 amide bonds. The first-order chi connectivity index (χ1) is 8.02. The maximum absolute atomic E-state index is 12.2. The number of amides is 2. The number of rotatable bonds is 5. The second-order valence-corrected chi connectivity index (χ2v) is 4.68. The summed E-state index contributed by atoms with van der Waals surface area (Å²) in [5, 5.41) is 2.78. The summed E-state index contributed by atoms with van der Waals surface area (Å²) in [5.74, 6) is 0.0546. The molecule has 1 heterocycles. The molecule has 0 aromatic carbocycles. The fraction of sp³-hybridized carbons (Fsp3) is 0.833. The van der Waals surface area contributed by atoms with Crippen molar-refractivity contribution >= 4 is 11.8 Å². The highest BCUT2D eigenvalue weighted by atomic mass is 16.5.